The summed E-state index contributed by atoms with van der Waals surface area (Å²) in [6.45, 7) is 1.85. The van der Waals surface area contributed by atoms with Crippen molar-refractivity contribution in [2.45, 2.75) is 6.42 Å². The summed E-state index contributed by atoms with van der Waals surface area (Å²) < 4.78 is 11.0. The van der Waals surface area contributed by atoms with Crippen LogP contribution in [0.2, 0.25) is 0 Å². The molecular formula is C16H16N2O3S. The van der Waals surface area contributed by atoms with E-state index in [9.17, 15) is 5.11 Å². The highest BCUT2D eigenvalue weighted by Crippen LogP contribution is 2.45. The molecule has 2 aromatic rings. The van der Waals surface area contributed by atoms with Crippen LogP contribution in [0.4, 0.5) is 0 Å². The Hall–Kier alpha value is -1.92. The largest absolute Gasteiger partial charge is 0.493 e. The summed E-state index contributed by atoms with van der Waals surface area (Å²) in [6, 6.07) is 5.96. The number of aliphatic hydroxyl groups is 1. The van der Waals surface area contributed by atoms with Crippen molar-refractivity contribution in [2.75, 3.05) is 26.8 Å². The second-order valence-corrected chi connectivity index (χ2v) is 6.20. The molecule has 2 aliphatic rings. The molecule has 0 bridgehead atoms. The fourth-order valence-electron chi connectivity index (χ4n) is 3.00. The van der Waals surface area contributed by atoms with Gasteiger partial charge < -0.3 is 19.2 Å². The molecule has 3 heterocycles. The normalized spacial score (nSPS) is 17.4. The lowest BCUT2D eigenvalue weighted by Crippen LogP contribution is -2.20. The minimum absolute atomic E-state index is 0.137. The van der Waals surface area contributed by atoms with E-state index in [2.05, 4.69) is 16.0 Å². The SMILES string of the molecule is COc1ccc(C2=C(CCO)SC3=NCCN32)c2ccoc12. The Morgan fingerprint density at radius 2 is 2.32 bits per heavy atom. The molecule has 5 nitrogen and oxygen atoms in total. The quantitative estimate of drug-likeness (QED) is 0.940. The van der Waals surface area contributed by atoms with E-state index in [1.165, 1.54) is 0 Å². The summed E-state index contributed by atoms with van der Waals surface area (Å²) in [5.41, 5.74) is 3.00. The molecule has 22 heavy (non-hydrogen) atoms. The van der Waals surface area contributed by atoms with Crippen LogP contribution < -0.4 is 4.74 Å². The highest BCUT2D eigenvalue weighted by molar-refractivity contribution is 8.17. The van der Waals surface area contributed by atoms with Crippen LogP contribution in [-0.4, -0.2) is 42.0 Å². The number of ether oxygens (including phenoxy) is 1. The van der Waals surface area contributed by atoms with E-state index in [-0.39, 0.29) is 6.61 Å². The van der Waals surface area contributed by atoms with E-state index >= 15 is 0 Å². The molecule has 0 aliphatic carbocycles. The summed E-state index contributed by atoms with van der Waals surface area (Å²) in [4.78, 5) is 7.94. The van der Waals surface area contributed by atoms with E-state index in [0.29, 0.717) is 6.42 Å². The Morgan fingerprint density at radius 1 is 1.41 bits per heavy atom. The highest BCUT2D eigenvalue weighted by atomic mass is 32.2. The van der Waals surface area contributed by atoms with Gasteiger partial charge in [0.1, 0.15) is 0 Å². The number of fused-ring (bicyclic) bond motifs is 2. The number of thioether (sulfide) groups is 1. The molecule has 0 fully saturated rings. The predicted octanol–water partition coefficient (Wildman–Crippen LogP) is 2.91. The molecule has 1 aromatic carbocycles. The van der Waals surface area contributed by atoms with Crippen molar-refractivity contribution in [3.63, 3.8) is 0 Å². The first kappa shape index (κ1) is 13.7. The monoisotopic (exact) mass is 316 g/mol. The Morgan fingerprint density at radius 3 is 3.14 bits per heavy atom. The van der Waals surface area contributed by atoms with Gasteiger partial charge in [0, 0.05) is 35.4 Å². The van der Waals surface area contributed by atoms with E-state index in [1.54, 1.807) is 25.1 Å². The molecule has 0 spiro atoms. The van der Waals surface area contributed by atoms with Crippen molar-refractivity contribution in [1.82, 2.24) is 4.90 Å². The third kappa shape index (κ3) is 1.94. The van der Waals surface area contributed by atoms with E-state index in [4.69, 9.17) is 9.15 Å². The molecule has 2 aliphatic heterocycles. The smallest absolute Gasteiger partial charge is 0.176 e. The Labute approximate surface area is 132 Å². The van der Waals surface area contributed by atoms with Crippen molar-refractivity contribution in [1.29, 1.82) is 0 Å². The third-order valence-corrected chi connectivity index (χ3v) is 5.12. The molecule has 0 atom stereocenters. The number of nitrogens with zero attached hydrogens (tertiary/aromatic N) is 2. The standard InChI is InChI=1S/C16H16N2O3S/c1-20-12-3-2-10(11-5-9-21-15(11)12)14-13(4-8-19)22-16-17-6-7-18(14)16/h2-3,5,9,19H,4,6-8H2,1H3. The van der Waals surface area contributed by atoms with Crippen molar-refractivity contribution >= 4 is 33.6 Å². The van der Waals surface area contributed by atoms with Crippen LogP contribution in [0, 0.1) is 0 Å². The molecule has 0 saturated heterocycles. The van der Waals surface area contributed by atoms with Crippen LogP contribution >= 0.6 is 11.8 Å². The lowest BCUT2D eigenvalue weighted by Gasteiger charge is -2.18. The van der Waals surface area contributed by atoms with Crippen LogP contribution in [0.1, 0.15) is 12.0 Å². The minimum atomic E-state index is 0.137. The summed E-state index contributed by atoms with van der Waals surface area (Å²) >= 11 is 1.66. The molecule has 1 N–H and O–H groups in total. The van der Waals surface area contributed by atoms with Gasteiger partial charge in [-0.1, -0.05) is 11.8 Å². The number of aliphatic imine (C=N–C) groups is 1. The molecule has 0 saturated carbocycles. The van der Waals surface area contributed by atoms with Crippen molar-refractivity contribution in [2.24, 2.45) is 4.99 Å². The van der Waals surface area contributed by atoms with E-state index in [0.717, 1.165) is 51.1 Å². The van der Waals surface area contributed by atoms with Gasteiger partial charge in [-0.3, -0.25) is 4.99 Å². The fraction of sp³-hybridized carbons (Fsp3) is 0.312. The number of hydrogen-bond donors (Lipinski definition) is 1. The second-order valence-electron chi connectivity index (χ2n) is 5.14. The first-order valence-corrected chi connectivity index (χ1v) is 8.03. The van der Waals surface area contributed by atoms with Gasteiger partial charge in [-0.05, 0) is 18.2 Å². The van der Waals surface area contributed by atoms with Crippen molar-refractivity contribution < 1.29 is 14.3 Å². The van der Waals surface area contributed by atoms with Crippen LogP contribution in [0.15, 0.2) is 38.8 Å². The zero-order valence-corrected chi connectivity index (χ0v) is 13.0. The maximum absolute atomic E-state index is 9.37. The first-order chi connectivity index (χ1) is 10.8. The molecule has 4 rings (SSSR count). The van der Waals surface area contributed by atoms with Gasteiger partial charge in [0.05, 0.1) is 25.6 Å². The molecule has 0 unspecified atom stereocenters. The molecule has 1 aromatic heterocycles. The Balaban J connectivity index is 1.91. The van der Waals surface area contributed by atoms with Crippen LogP contribution in [0.5, 0.6) is 5.75 Å². The Bertz CT molecular complexity index is 794. The molecule has 114 valence electrons. The molecule has 0 radical (unpaired) electrons. The summed E-state index contributed by atoms with van der Waals surface area (Å²) in [7, 11) is 1.64. The van der Waals surface area contributed by atoms with Gasteiger partial charge in [-0.15, -0.1) is 0 Å². The first-order valence-electron chi connectivity index (χ1n) is 7.22. The molecule has 0 amide bonds. The van der Waals surface area contributed by atoms with Crippen LogP contribution in [0.25, 0.3) is 16.7 Å². The van der Waals surface area contributed by atoms with E-state index in [1.807, 2.05) is 12.1 Å². The molecular weight excluding hydrogens is 300 g/mol. The lowest BCUT2D eigenvalue weighted by molar-refractivity contribution is 0.301. The van der Waals surface area contributed by atoms with Gasteiger partial charge in [0.25, 0.3) is 0 Å². The van der Waals surface area contributed by atoms with Crippen LogP contribution in [0.3, 0.4) is 0 Å². The summed E-state index contributed by atoms with van der Waals surface area (Å²) in [5.74, 6) is 0.731. The summed E-state index contributed by atoms with van der Waals surface area (Å²) in [5, 5.41) is 11.4. The number of methoxy groups -OCH3 is 1. The van der Waals surface area contributed by atoms with Crippen LogP contribution in [-0.2, 0) is 0 Å². The number of aliphatic hydroxyl groups excluding tert-OH is 1. The number of hydrogen-bond acceptors (Lipinski definition) is 6. The number of amidine groups is 1. The lowest BCUT2D eigenvalue weighted by atomic mass is 10.0. The van der Waals surface area contributed by atoms with Gasteiger partial charge in [-0.2, -0.15) is 0 Å². The maximum atomic E-state index is 9.37. The minimum Gasteiger partial charge on any atom is -0.493 e. The number of furan rings is 1. The molecule has 6 heteroatoms. The van der Waals surface area contributed by atoms with E-state index < -0.39 is 0 Å². The fourth-order valence-corrected chi connectivity index (χ4v) is 4.18. The second kappa shape index (κ2) is 5.37. The average Bonchev–Trinajstić information content (AvgIpc) is 3.21. The number of rotatable bonds is 4. The zero-order valence-electron chi connectivity index (χ0n) is 12.2. The van der Waals surface area contributed by atoms with Crippen molar-refractivity contribution in [3.05, 3.63) is 34.9 Å². The van der Waals surface area contributed by atoms with Gasteiger partial charge in [0.2, 0.25) is 0 Å². The average molecular weight is 316 g/mol. The Kier molecular flexibility index (Phi) is 3.35. The topological polar surface area (TPSA) is 58.2 Å². The number of benzene rings is 1. The third-order valence-electron chi connectivity index (χ3n) is 3.94. The predicted molar refractivity (Wildman–Crippen MR) is 88.0 cm³/mol. The maximum Gasteiger partial charge on any atom is 0.176 e. The van der Waals surface area contributed by atoms with Gasteiger partial charge in [-0.25, -0.2) is 0 Å². The highest BCUT2D eigenvalue weighted by Gasteiger charge is 2.33. The van der Waals surface area contributed by atoms with Gasteiger partial charge >= 0.3 is 0 Å². The summed E-state index contributed by atoms with van der Waals surface area (Å²) in [6.07, 6.45) is 2.32. The van der Waals surface area contributed by atoms with Gasteiger partial charge in [0.15, 0.2) is 16.5 Å². The van der Waals surface area contributed by atoms with Crippen molar-refractivity contribution in [3.8, 4) is 5.75 Å². The zero-order chi connectivity index (χ0) is 15.1.